The van der Waals surface area contributed by atoms with Gasteiger partial charge in [0.2, 0.25) is 0 Å². The Balaban J connectivity index is 1.74. The smallest absolute Gasteiger partial charge is 0.287 e. The van der Waals surface area contributed by atoms with Gasteiger partial charge in [-0.3, -0.25) is 4.79 Å². The molecule has 6 heteroatoms. The maximum Gasteiger partial charge on any atom is 0.287 e. The highest BCUT2D eigenvalue weighted by atomic mass is 79.9. The SMILES string of the molecule is Cc1cccn2cc(CNC(=O)c3ccc(Br)o3)nc12. The molecule has 0 spiro atoms. The molecule has 3 rings (SSSR count). The van der Waals surface area contributed by atoms with E-state index in [-0.39, 0.29) is 11.7 Å². The lowest BCUT2D eigenvalue weighted by Gasteiger charge is -1.99. The fourth-order valence-corrected chi connectivity index (χ4v) is 2.29. The van der Waals surface area contributed by atoms with E-state index in [1.165, 1.54) is 0 Å². The van der Waals surface area contributed by atoms with Gasteiger partial charge >= 0.3 is 0 Å². The minimum Gasteiger partial charge on any atom is -0.444 e. The Hall–Kier alpha value is -2.08. The first-order valence-electron chi connectivity index (χ1n) is 6.10. The number of aryl methyl sites for hydroxylation is 1. The Bertz CT molecular complexity index is 776. The number of furan rings is 1. The molecule has 0 fully saturated rings. The predicted molar refractivity (Wildman–Crippen MR) is 77.5 cm³/mol. The van der Waals surface area contributed by atoms with Crippen LogP contribution in [-0.2, 0) is 6.54 Å². The topological polar surface area (TPSA) is 59.5 Å². The average Bonchev–Trinajstić information content (AvgIpc) is 3.03. The summed E-state index contributed by atoms with van der Waals surface area (Å²) in [5, 5.41) is 2.78. The van der Waals surface area contributed by atoms with Crippen molar-refractivity contribution in [1.82, 2.24) is 14.7 Å². The first-order chi connectivity index (χ1) is 9.63. The molecule has 3 aromatic rings. The monoisotopic (exact) mass is 333 g/mol. The number of hydrogen-bond donors (Lipinski definition) is 1. The standard InChI is InChI=1S/C14H12BrN3O2/c1-9-3-2-6-18-8-10(17-13(9)18)7-16-14(19)11-4-5-12(15)20-11/h2-6,8H,7H2,1H3,(H,16,19). The molecular formula is C14H12BrN3O2. The minimum absolute atomic E-state index is 0.260. The number of nitrogens with one attached hydrogen (secondary N) is 1. The molecule has 0 atom stereocenters. The van der Waals surface area contributed by atoms with Gasteiger partial charge in [0, 0.05) is 12.4 Å². The molecule has 1 N–H and O–H groups in total. The summed E-state index contributed by atoms with van der Waals surface area (Å²) in [5.74, 6) is 0.0151. The normalized spacial score (nSPS) is 10.9. The number of carbonyl (C=O) groups excluding carboxylic acids is 1. The number of amides is 1. The van der Waals surface area contributed by atoms with Crippen molar-refractivity contribution in [1.29, 1.82) is 0 Å². The summed E-state index contributed by atoms with van der Waals surface area (Å²) in [6.07, 6.45) is 3.84. The van der Waals surface area contributed by atoms with Crippen LogP contribution in [-0.4, -0.2) is 15.3 Å². The molecule has 3 heterocycles. The second-order valence-corrected chi connectivity index (χ2v) is 5.22. The summed E-state index contributed by atoms with van der Waals surface area (Å²) >= 11 is 3.17. The van der Waals surface area contributed by atoms with Crippen LogP contribution in [0.5, 0.6) is 0 Å². The van der Waals surface area contributed by atoms with E-state index in [1.807, 2.05) is 35.9 Å². The first kappa shape index (κ1) is 12.9. The van der Waals surface area contributed by atoms with E-state index in [4.69, 9.17) is 4.42 Å². The lowest BCUT2D eigenvalue weighted by molar-refractivity contribution is 0.0921. The average molecular weight is 334 g/mol. The number of pyridine rings is 1. The molecule has 0 unspecified atom stereocenters. The number of nitrogens with zero attached hydrogens (tertiary/aromatic N) is 2. The van der Waals surface area contributed by atoms with Gasteiger partial charge in [-0.1, -0.05) is 6.07 Å². The van der Waals surface area contributed by atoms with Gasteiger partial charge in [0.05, 0.1) is 12.2 Å². The molecule has 0 radical (unpaired) electrons. The van der Waals surface area contributed by atoms with Crippen molar-refractivity contribution < 1.29 is 9.21 Å². The number of halogens is 1. The molecule has 0 aliphatic carbocycles. The van der Waals surface area contributed by atoms with Crippen LogP contribution in [0.3, 0.4) is 0 Å². The van der Waals surface area contributed by atoms with Crippen LogP contribution >= 0.6 is 15.9 Å². The fourth-order valence-electron chi connectivity index (χ4n) is 1.98. The highest BCUT2D eigenvalue weighted by molar-refractivity contribution is 9.10. The van der Waals surface area contributed by atoms with E-state index >= 15 is 0 Å². The largest absolute Gasteiger partial charge is 0.444 e. The van der Waals surface area contributed by atoms with Gasteiger partial charge in [-0.2, -0.15) is 0 Å². The molecule has 20 heavy (non-hydrogen) atoms. The second kappa shape index (κ2) is 5.13. The Morgan fingerprint density at radius 3 is 3.00 bits per heavy atom. The van der Waals surface area contributed by atoms with E-state index in [2.05, 4.69) is 26.2 Å². The van der Waals surface area contributed by atoms with E-state index in [1.54, 1.807) is 12.1 Å². The highest BCUT2D eigenvalue weighted by Gasteiger charge is 2.11. The van der Waals surface area contributed by atoms with E-state index in [0.29, 0.717) is 11.2 Å². The van der Waals surface area contributed by atoms with Crippen LogP contribution in [0.2, 0.25) is 0 Å². The van der Waals surface area contributed by atoms with Crippen molar-refractivity contribution in [2.75, 3.05) is 0 Å². The van der Waals surface area contributed by atoms with Gasteiger partial charge in [0.25, 0.3) is 5.91 Å². The summed E-state index contributed by atoms with van der Waals surface area (Å²) < 4.78 is 7.67. The van der Waals surface area contributed by atoms with E-state index in [0.717, 1.165) is 16.9 Å². The number of carbonyl (C=O) groups is 1. The molecule has 0 aromatic carbocycles. The van der Waals surface area contributed by atoms with Crippen LogP contribution in [0.1, 0.15) is 21.8 Å². The zero-order chi connectivity index (χ0) is 14.1. The molecule has 0 bridgehead atoms. The van der Waals surface area contributed by atoms with Crippen LogP contribution in [0.25, 0.3) is 5.65 Å². The molecule has 5 nitrogen and oxygen atoms in total. The fraction of sp³-hybridized carbons (Fsp3) is 0.143. The van der Waals surface area contributed by atoms with Crippen molar-refractivity contribution in [3.05, 3.63) is 58.3 Å². The molecule has 3 aromatic heterocycles. The molecule has 102 valence electrons. The van der Waals surface area contributed by atoms with Crippen molar-refractivity contribution >= 4 is 27.5 Å². The molecule has 1 amide bonds. The number of imidazole rings is 1. The Kier molecular flexibility index (Phi) is 3.31. The maximum absolute atomic E-state index is 11.9. The van der Waals surface area contributed by atoms with Crippen molar-refractivity contribution in [2.24, 2.45) is 0 Å². The summed E-state index contributed by atoms with van der Waals surface area (Å²) in [7, 11) is 0. The quantitative estimate of drug-likeness (QED) is 0.801. The Morgan fingerprint density at radius 2 is 2.30 bits per heavy atom. The predicted octanol–water partition coefficient (Wildman–Crippen LogP) is 2.93. The van der Waals surface area contributed by atoms with Crippen LogP contribution in [0, 0.1) is 6.92 Å². The Labute approximate surface area is 123 Å². The zero-order valence-corrected chi connectivity index (χ0v) is 12.3. The number of fused-ring (bicyclic) bond motifs is 1. The lowest BCUT2D eigenvalue weighted by Crippen LogP contribution is -2.22. The van der Waals surface area contributed by atoms with Crippen LogP contribution in [0.4, 0.5) is 0 Å². The highest BCUT2D eigenvalue weighted by Crippen LogP contribution is 2.14. The molecule has 0 saturated heterocycles. The molecule has 0 saturated carbocycles. The van der Waals surface area contributed by atoms with Gasteiger partial charge in [0.15, 0.2) is 10.4 Å². The van der Waals surface area contributed by atoms with Crippen molar-refractivity contribution in [3.63, 3.8) is 0 Å². The summed E-state index contributed by atoms with van der Waals surface area (Å²) in [5.41, 5.74) is 2.80. The second-order valence-electron chi connectivity index (χ2n) is 4.44. The van der Waals surface area contributed by atoms with Gasteiger partial charge in [0.1, 0.15) is 5.65 Å². The lowest BCUT2D eigenvalue weighted by atomic mass is 10.3. The molecular weight excluding hydrogens is 322 g/mol. The Morgan fingerprint density at radius 1 is 1.45 bits per heavy atom. The van der Waals surface area contributed by atoms with Gasteiger partial charge < -0.3 is 14.1 Å². The third-order valence-corrected chi connectivity index (χ3v) is 3.38. The summed E-state index contributed by atoms with van der Waals surface area (Å²) in [4.78, 5) is 16.3. The van der Waals surface area contributed by atoms with Crippen LogP contribution in [0.15, 0.2) is 45.7 Å². The van der Waals surface area contributed by atoms with Gasteiger partial charge in [-0.15, -0.1) is 0 Å². The molecule has 0 aliphatic rings. The third kappa shape index (κ3) is 2.46. The van der Waals surface area contributed by atoms with E-state index < -0.39 is 0 Å². The summed E-state index contributed by atoms with van der Waals surface area (Å²) in [6, 6.07) is 7.27. The van der Waals surface area contributed by atoms with E-state index in [9.17, 15) is 4.79 Å². The van der Waals surface area contributed by atoms with Crippen LogP contribution < -0.4 is 5.32 Å². The van der Waals surface area contributed by atoms with Crippen molar-refractivity contribution in [2.45, 2.75) is 13.5 Å². The summed E-state index contributed by atoms with van der Waals surface area (Å²) in [6.45, 7) is 2.36. The number of hydrogen-bond acceptors (Lipinski definition) is 3. The zero-order valence-electron chi connectivity index (χ0n) is 10.8. The minimum atomic E-state index is -0.260. The maximum atomic E-state index is 11.9. The van der Waals surface area contributed by atoms with Gasteiger partial charge in [-0.25, -0.2) is 4.98 Å². The number of rotatable bonds is 3. The third-order valence-electron chi connectivity index (χ3n) is 2.95. The number of aromatic nitrogens is 2. The first-order valence-corrected chi connectivity index (χ1v) is 6.89. The van der Waals surface area contributed by atoms with Gasteiger partial charge in [-0.05, 0) is 46.6 Å². The molecule has 0 aliphatic heterocycles. The van der Waals surface area contributed by atoms with Crippen molar-refractivity contribution in [3.8, 4) is 0 Å².